The first-order valence-electron chi connectivity index (χ1n) is 7.29. The molecule has 5 heteroatoms. The smallest absolute Gasteiger partial charge is 0.264 e. The lowest BCUT2D eigenvalue weighted by Crippen LogP contribution is -2.19. The molecule has 1 heterocycles. The fourth-order valence-corrected chi connectivity index (χ4v) is 3.15. The summed E-state index contributed by atoms with van der Waals surface area (Å²) in [7, 11) is 0. The summed E-state index contributed by atoms with van der Waals surface area (Å²) >= 11 is 7.41. The molecule has 2 aromatic rings. The molecule has 0 radical (unpaired) electrons. The lowest BCUT2D eigenvalue weighted by Gasteiger charge is -1.98. The van der Waals surface area contributed by atoms with E-state index in [-0.39, 0.29) is 5.91 Å². The van der Waals surface area contributed by atoms with Gasteiger partial charge in [0.1, 0.15) is 0 Å². The fraction of sp³-hybridized carbons (Fsp3) is 0.111. The molecule has 1 aliphatic heterocycles. The topological polar surface area (TPSA) is 41.5 Å². The maximum atomic E-state index is 12.1. The van der Waals surface area contributed by atoms with Crippen LogP contribution in [0.4, 0.5) is 5.69 Å². The van der Waals surface area contributed by atoms with Crippen LogP contribution in [0.5, 0.6) is 0 Å². The number of benzene rings is 2. The highest BCUT2D eigenvalue weighted by Gasteiger charge is 2.23. The lowest BCUT2D eigenvalue weighted by atomic mass is 10.1. The van der Waals surface area contributed by atoms with E-state index in [9.17, 15) is 4.79 Å². The Bertz CT molecular complexity index is 797. The quantitative estimate of drug-likeness (QED) is 0.814. The largest absolute Gasteiger partial charge is 0.300 e. The van der Waals surface area contributed by atoms with E-state index in [0.717, 1.165) is 12.0 Å². The second-order valence-electron chi connectivity index (χ2n) is 5.03. The third-order valence-electron chi connectivity index (χ3n) is 3.41. The Balaban J connectivity index is 1.82. The number of carbonyl (C=O) groups excluding carboxylic acids is 1. The summed E-state index contributed by atoms with van der Waals surface area (Å²) < 4.78 is 0. The van der Waals surface area contributed by atoms with Crippen LogP contribution < -0.4 is 5.32 Å². The fourth-order valence-electron chi connectivity index (χ4n) is 2.13. The van der Waals surface area contributed by atoms with Crippen molar-refractivity contribution < 1.29 is 4.79 Å². The first-order valence-corrected chi connectivity index (χ1v) is 8.48. The normalized spacial score (nSPS) is 17.7. The third kappa shape index (κ3) is 3.84. The van der Waals surface area contributed by atoms with Gasteiger partial charge in [-0.15, -0.1) is 0 Å². The molecule has 1 N–H and O–H groups in total. The van der Waals surface area contributed by atoms with Gasteiger partial charge in [0.2, 0.25) is 0 Å². The third-order valence-corrected chi connectivity index (χ3v) is 4.64. The predicted octanol–water partition coefficient (Wildman–Crippen LogP) is 4.79. The van der Waals surface area contributed by atoms with E-state index in [1.54, 1.807) is 6.07 Å². The molecule has 3 nitrogen and oxygen atoms in total. The number of hydrogen-bond donors (Lipinski definition) is 1. The highest BCUT2D eigenvalue weighted by molar-refractivity contribution is 8.18. The van der Waals surface area contributed by atoms with Crippen LogP contribution in [0.15, 0.2) is 58.4 Å². The molecule has 116 valence electrons. The molecule has 0 saturated carbocycles. The van der Waals surface area contributed by atoms with E-state index < -0.39 is 0 Å². The minimum absolute atomic E-state index is 0.139. The van der Waals surface area contributed by atoms with Crippen LogP contribution in [0, 0.1) is 0 Å². The molecule has 1 saturated heterocycles. The van der Waals surface area contributed by atoms with Gasteiger partial charge in [0, 0.05) is 0 Å². The van der Waals surface area contributed by atoms with E-state index in [1.807, 2.05) is 36.4 Å². The van der Waals surface area contributed by atoms with Gasteiger partial charge in [0.15, 0.2) is 5.17 Å². The Labute approximate surface area is 144 Å². The van der Waals surface area contributed by atoms with Gasteiger partial charge in [-0.3, -0.25) is 4.79 Å². The number of nitrogens with zero attached hydrogens (tertiary/aromatic N) is 1. The van der Waals surface area contributed by atoms with Crippen molar-refractivity contribution in [2.75, 3.05) is 0 Å². The summed E-state index contributed by atoms with van der Waals surface area (Å²) in [5.41, 5.74) is 2.92. The molecule has 0 aromatic heterocycles. The second-order valence-corrected chi connectivity index (χ2v) is 6.47. The van der Waals surface area contributed by atoms with Crippen LogP contribution in [0.3, 0.4) is 0 Å². The summed E-state index contributed by atoms with van der Waals surface area (Å²) in [6.45, 7) is 2.12. The van der Waals surface area contributed by atoms with Gasteiger partial charge in [-0.2, -0.15) is 0 Å². The number of thioether (sulfide) groups is 1. The second kappa shape index (κ2) is 7.02. The molecule has 1 amide bonds. The molecule has 0 aliphatic carbocycles. The van der Waals surface area contributed by atoms with Crippen molar-refractivity contribution in [2.24, 2.45) is 4.99 Å². The number of amides is 1. The molecule has 0 bridgehead atoms. The Morgan fingerprint density at radius 2 is 1.91 bits per heavy atom. The molecular formula is C18H15ClN2OS. The summed E-state index contributed by atoms with van der Waals surface area (Å²) in [5, 5.41) is 3.87. The van der Waals surface area contributed by atoms with Gasteiger partial charge < -0.3 is 5.32 Å². The number of para-hydroxylation sites is 1. The highest BCUT2D eigenvalue weighted by atomic mass is 35.5. The van der Waals surface area contributed by atoms with E-state index in [0.29, 0.717) is 20.8 Å². The molecule has 1 aliphatic rings. The zero-order valence-corrected chi connectivity index (χ0v) is 14.1. The van der Waals surface area contributed by atoms with E-state index in [4.69, 9.17) is 11.6 Å². The number of hydrogen-bond acceptors (Lipinski definition) is 3. The maximum Gasteiger partial charge on any atom is 0.264 e. The molecule has 3 rings (SSSR count). The van der Waals surface area contributed by atoms with Crippen molar-refractivity contribution in [2.45, 2.75) is 13.3 Å². The number of aryl methyl sites for hydroxylation is 1. The van der Waals surface area contributed by atoms with Crippen LogP contribution in [-0.4, -0.2) is 11.1 Å². The Kier molecular flexibility index (Phi) is 4.84. The van der Waals surface area contributed by atoms with Crippen molar-refractivity contribution in [1.29, 1.82) is 0 Å². The minimum atomic E-state index is -0.139. The standard InChI is InChI=1S/C18H15ClN2OS/c1-2-12-7-9-13(10-8-12)11-16-17(22)21-18(23-16)20-15-6-4-3-5-14(15)19/h3-11H,2H2,1H3,(H,20,21,22)/b16-11+. The summed E-state index contributed by atoms with van der Waals surface area (Å²) in [6.07, 6.45) is 2.87. The van der Waals surface area contributed by atoms with E-state index in [2.05, 4.69) is 29.4 Å². The minimum Gasteiger partial charge on any atom is -0.300 e. The van der Waals surface area contributed by atoms with Crippen LogP contribution in [-0.2, 0) is 11.2 Å². The molecule has 23 heavy (non-hydrogen) atoms. The van der Waals surface area contributed by atoms with E-state index >= 15 is 0 Å². The van der Waals surface area contributed by atoms with Crippen LogP contribution in [0.2, 0.25) is 5.02 Å². The maximum absolute atomic E-state index is 12.1. The molecule has 0 unspecified atom stereocenters. The Morgan fingerprint density at radius 1 is 1.17 bits per heavy atom. The molecule has 0 spiro atoms. The van der Waals surface area contributed by atoms with Crippen molar-refractivity contribution >= 4 is 46.2 Å². The van der Waals surface area contributed by atoms with Gasteiger partial charge in [-0.25, -0.2) is 4.99 Å². The first kappa shape index (κ1) is 15.8. The average Bonchev–Trinajstić information content (AvgIpc) is 2.90. The van der Waals surface area contributed by atoms with Gasteiger partial charge in [0.05, 0.1) is 15.6 Å². The van der Waals surface area contributed by atoms with Crippen molar-refractivity contribution in [3.63, 3.8) is 0 Å². The van der Waals surface area contributed by atoms with Crippen molar-refractivity contribution in [3.05, 3.63) is 69.6 Å². The van der Waals surface area contributed by atoms with Crippen molar-refractivity contribution in [3.8, 4) is 0 Å². The Hall–Kier alpha value is -2.04. The van der Waals surface area contributed by atoms with Crippen LogP contribution in [0.1, 0.15) is 18.1 Å². The number of aliphatic imine (C=N–C) groups is 1. The van der Waals surface area contributed by atoms with Gasteiger partial charge in [-0.05, 0) is 47.5 Å². The predicted molar refractivity (Wildman–Crippen MR) is 98.1 cm³/mol. The van der Waals surface area contributed by atoms with Gasteiger partial charge >= 0.3 is 0 Å². The highest BCUT2D eigenvalue weighted by Crippen LogP contribution is 2.30. The number of halogens is 1. The number of amidine groups is 1. The zero-order chi connectivity index (χ0) is 16.2. The Morgan fingerprint density at radius 3 is 2.61 bits per heavy atom. The van der Waals surface area contributed by atoms with Crippen molar-refractivity contribution in [1.82, 2.24) is 5.32 Å². The molecule has 2 aromatic carbocycles. The SMILES string of the molecule is CCc1ccc(/C=C2/SC(=Nc3ccccc3Cl)NC2=O)cc1. The summed E-state index contributed by atoms with van der Waals surface area (Å²) in [6, 6.07) is 15.5. The van der Waals surface area contributed by atoms with Crippen LogP contribution in [0.25, 0.3) is 6.08 Å². The number of nitrogens with one attached hydrogen (secondary N) is 1. The first-order chi connectivity index (χ1) is 11.2. The number of rotatable bonds is 3. The summed E-state index contributed by atoms with van der Waals surface area (Å²) in [5.74, 6) is -0.139. The number of carbonyl (C=O) groups is 1. The van der Waals surface area contributed by atoms with Gasteiger partial charge in [-0.1, -0.05) is 54.9 Å². The lowest BCUT2D eigenvalue weighted by molar-refractivity contribution is -0.115. The molecule has 0 atom stereocenters. The molecular weight excluding hydrogens is 328 g/mol. The molecule has 1 fully saturated rings. The average molecular weight is 343 g/mol. The monoisotopic (exact) mass is 342 g/mol. The van der Waals surface area contributed by atoms with Crippen LogP contribution >= 0.6 is 23.4 Å². The van der Waals surface area contributed by atoms with E-state index in [1.165, 1.54) is 17.3 Å². The van der Waals surface area contributed by atoms with Gasteiger partial charge in [0.25, 0.3) is 5.91 Å². The zero-order valence-electron chi connectivity index (χ0n) is 12.5. The summed E-state index contributed by atoms with van der Waals surface area (Å²) in [4.78, 5) is 17.1.